The van der Waals surface area contributed by atoms with Gasteiger partial charge in [0.15, 0.2) is 0 Å². The van der Waals surface area contributed by atoms with Crippen molar-refractivity contribution in [2.75, 3.05) is 43.6 Å². The monoisotopic (exact) mass is 502 g/mol. The number of nitrogens with zero attached hydrogens (tertiary/aromatic N) is 2. The first-order valence-corrected chi connectivity index (χ1v) is 11.5. The fraction of sp³-hybridized carbons (Fsp3) is 0.280. The zero-order valence-electron chi connectivity index (χ0n) is 19.1. The van der Waals surface area contributed by atoms with E-state index >= 15 is 0 Å². The number of para-hydroxylation sites is 1. The molecule has 2 aromatic carbocycles. The second-order valence-electron chi connectivity index (χ2n) is 7.80. The van der Waals surface area contributed by atoms with Crippen molar-refractivity contribution in [2.24, 2.45) is 0 Å². The van der Waals surface area contributed by atoms with E-state index in [-0.39, 0.29) is 18.2 Å². The van der Waals surface area contributed by atoms with E-state index in [0.717, 1.165) is 30.0 Å². The summed E-state index contributed by atoms with van der Waals surface area (Å²) in [6, 6.07) is 13.7. The van der Waals surface area contributed by atoms with E-state index < -0.39 is 6.61 Å². The molecule has 1 aliphatic heterocycles. The lowest BCUT2D eigenvalue weighted by molar-refractivity contribution is -0.0504. The summed E-state index contributed by atoms with van der Waals surface area (Å²) >= 11 is 6.50. The molecule has 0 radical (unpaired) electrons. The highest BCUT2D eigenvalue weighted by molar-refractivity contribution is 6.33. The number of carbonyl (C=O) groups excluding carboxylic acids is 1. The van der Waals surface area contributed by atoms with Gasteiger partial charge in [0, 0.05) is 49.7 Å². The molecule has 1 saturated heterocycles. The predicted octanol–water partition coefficient (Wildman–Crippen LogP) is 4.81. The van der Waals surface area contributed by atoms with Crippen LogP contribution in [-0.2, 0) is 11.3 Å². The summed E-state index contributed by atoms with van der Waals surface area (Å²) in [6.07, 6.45) is 1.61. The number of benzene rings is 2. The molecule has 2 heterocycles. The zero-order valence-corrected chi connectivity index (χ0v) is 19.8. The van der Waals surface area contributed by atoms with Crippen LogP contribution < -0.4 is 20.3 Å². The third kappa shape index (κ3) is 5.98. The smallest absolute Gasteiger partial charge is 0.387 e. The second kappa shape index (κ2) is 11.3. The molecule has 7 nitrogen and oxygen atoms in total. The van der Waals surface area contributed by atoms with Crippen LogP contribution in [0.5, 0.6) is 5.75 Å². The SMILES string of the molecule is CNC(=O)c1ccc(-c2cc(N3CCOCC3)ncc2Cl)cc1NCc1ccccc1OC(F)F. The maximum absolute atomic E-state index is 12.8. The lowest BCUT2D eigenvalue weighted by atomic mass is 10.0. The number of rotatable bonds is 8. The summed E-state index contributed by atoms with van der Waals surface area (Å²) in [4.78, 5) is 19.1. The number of hydrogen-bond acceptors (Lipinski definition) is 6. The molecule has 0 aliphatic carbocycles. The Labute approximate surface area is 207 Å². The Hall–Kier alpha value is -3.43. The standard InChI is InChI=1S/C25H25ClF2N4O3/c1-29-24(33)18-7-6-16(19-13-23(31-15-20(19)26)32-8-10-34-11-9-32)12-21(18)30-14-17-4-2-3-5-22(17)35-25(27)28/h2-7,12-13,15,25,30H,8-11,14H2,1H3,(H,29,33). The van der Waals surface area contributed by atoms with Crippen molar-refractivity contribution in [3.8, 4) is 16.9 Å². The predicted molar refractivity (Wildman–Crippen MR) is 132 cm³/mol. The first-order valence-electron chi connectivity index (χ1n) is 11.1. The molecule has 10 heteroatoms. The third-order valence-corrected chi connectivity index (χ3v) is 5.94. The lowest BCUT2D eigenvalue weighted by Gasteiger charge is -2.28. The number of morpholine rings is 1. The van der Waals surface area contributed by atoms with Crippen LogP contribution in [0.1, 0.15) is 15.9 Å². The minimum Gasteiger partial charge on any atom is -0.434 e. The van der Waals surface area contributed by atoms with Crippen LogP contribution in [-0.4, -0.2) is 50.9 Å². The molecule has 0 atom stereocenters. The van der Waals surface area contributed by atoms with Crippen LogP contribution in [0.2, 0.25) is 5.02 Å². The summed E-state index contributed by atoms with van der Waals surface area (Å²) in [5, 5.41) is 6.29. The molecule has 2 N–H and O–H groups in total. The Morgan fingerprint density at radius 1 is 1.20 bits per heavy atom. The van der Waals surface area contributed by atoms with Crippen molar-refractivity contribution < 1.29 is 23.0 Å². The molecule has 4 rings (SSSR count). The molecule has 0 bridgehead atoms. The second-order valence-corrected chi connectivity index (χ2v) is 8.21. The van der Waals surface area contributed by atoms with Crippen molar-refractivity contribution in [3.63, 3.8) is 0 Å². The lowest BCUT2D eigenvalue weighted by Crippen LogP contribution is -2.36. The van der Waals surface area contributed by atoms with Crippen LogP contribution in [0.4, 0.5) is 20.3 Å². The minimum absolute atomic E-state index is 0.0694. The summed E-state index contributed by atoms with van der Waals surface area (Å²) in [7, 11) is 1.54. The quantitative estimate of drug-likeness (QED) is 0.460. The Balaban J connectivity index is 1.66. The average molecular weight is 503 g/mol. The van der Waals surface area contributed by atoms with Gasteiger partial charge in [-0.1, -0.05) is 35.9 Å². The average Bonchev–Trinajstić information content (AvgIpc) is 2.88. The highest BCUT2D eigenvalue weighted by Crippen LogP contribution is 2.34. The summed E-state index contributed by atoms with van der Waals surface area (Å²) < 4.78 is 35.6. The van der Waals surface area contributed by atoms with Crippen LogP contribution in [0.15, 0.2) is 54.7 Å². The Kier molecular flexibility index (Phi) is 7.99. The fourth-order valence-electron chi connectivity index (χ4n) is 3.86. The van der Waals surface area contributed by atoms with Gasteiger partial charge in [-0.3, -0.25) is 4.79 Å². The van der Waals surface area contributed by atoms with E-state index in [9.17, 15) is 13.6 Å². The molecule has 184 valence electrons. The number of halogens is 3. The van der Waals surface area contributed by atoms with E-state index in [1.807, 2.05) is 18.2 Å². The van der Waals surface area contributed by atoms with Crippen molar-refractivity contribution in [3.05, 3.63) is 70.9 Å². The molecule has 3 aromatic rings. The van der Waals surface area contributed by atoms with Crippen molar-refractivity contribution in [1.82, 2.24) is 10.3 Å². The van der Waals surface area contributed by atoms with Gasteiger partial charge in [0.05, 0.1) is 23.8 Å². The molecule has 0 unspecified atom stereocenters. The van der Waals surface area contributed by atoms with Crippen molar-refractivity contribution >= 4 is 29.0 Å². The topological polar surface area (TPSA) is 75.7 Å². The number of ether oxygens (including phenoxy) is 2. The highest BCUT2D eigenvalue weighted by Gasteiger charge is 2.17. The molecule has 1 aliphatic rings. The number of aromatic nitrogens is 1. The van der Waals surface area contributed by atoms with Gasteiger partial charge in [-0.05, 0) is 29.8 Å². The summed E-state index contributed by atoms with van der Waals surface area (Å²) in [5.41, 5.74) is 2.99. The summed E-state index contributed by atoms with van der Waals surface area (Å²) in [6.45, 7) is -0.0428. The van der Waals surface area contributed by atoms with Gasteiger partial charge in [0.25, 0.3) is 5.91 Å². The Bertz CT molecular complexity index is 1190. The Morgan fingerprint density at radius 2 is 1.97 bits per heavy atom. The first-order chi connectivity index (χ1) is 17.0. The first kappa shape index (κ1) is 24.7. The normalized spacial score (nSPS) is 13.6. The number of pyridine rings is 1. The van der Waals surface area contributed by atoms with Gasteiger partial charge in [-0.25, -0.2) is 4.98 Å². The van der Waals surface area contributed by atoms with Gasteiger partial charge >= 0.3 is 6.61 Å². The van der Waals surface area contributed by atoms with E-state index in [1.54, 1.807) is 37.5 Å². The van der Waals surface area contributed by atoms with E-state index in [2.05, 4.69) is 25.3 Å². The molecule has 1 aromatic heterocycles. The van der Waals surface area contributed by atoms with Gasteiger partial charge < -0.3 is 25.0 Å². The van der Waals surface area contributed by atoms with Crippen molar-refractivity contribution in [2.45, 2.75) is 13.2 Å². The number of nitrogens with one attached hydrogen (secondary N) is 2. The zero-order chi connectivity index (χ0) is 24.8. The molecule has 1 amide bonds. The Morgan fingerprint density at radius 3 is 2.71 bits per heavy atom. The minimum atomic E-state index is -2.93. The molecular weight excluding hydrogens is 478 g/mol. The maximum atomic E-state index is 12.8. The van der Waals surface area contributed by atoms with Gasteiger partial charge in [0.2, 0.25) is 0 Å². The number of hydrogen-bond donors (Lipinski definition) is 2. The molecule has 0 spiro atoms. The van der Waals surface area contributed by atoms with Crippen LogP contribution in [0, 0.1) is 0 Å². The van der Waals surface area contributed by atoms with Crippen LogP contribution in [0.25, 0.3) is 11.1 Å². The fourth-order valence-corrected chi connectivity index (χ4v) is 4.07. The number of alkyl halides is 2. The van der Waals surface area contributed by atoms with E-state index in [0.29, 0.717) is 35.1 Å². The van der Waals surface area contributed by atoms with E-state index in [4.69, 9.17) is 16.3 Å². The van der Waals surface area contributed by atoms with Gasteiger partial charge in [-0.2, -0.15) is 8.78 Å². The molecule has 1 fully saturated rings. The third-order valence-electron chi connectivity index (χ3n) is 5.64. The number of carbonyl (C=O) groups is 1. The molecule has 0 saturated carbocycles. The maximum Gasteiger partial charge on any atom is 0.387 e. The van der Waals surface area contributed by atoms with Crippen molar-refractivity contribution in [1.29, 1.82) is 0 Å². The number of anilines is 2. The van der Waals surface area contributed by atoms with Gasteiger partial charge in [-0.15, -0.1) is 0 Å². The van der Waals surface area contributed by atoms with E-state index in [1.165, 1.54) is 6.07 Å². The highest BCUT2D eigenvalue weighted by atomic mass is 35.5. The van der Waals surface area contributed by atoms with Crippen LogP contribution in [0.3, 0.4) is 0 Å². The molecule has 35 heavy (non-hydrogen) atoms. The largest absolute Gasteiger partial charge is 0.434 e. The van der Waals surface area contributed by atoms with Gasteiger partial charge in [0.1, 0.15) is 11.6 Å². The number of amides is 1. The van der Waals surface area contributed by atoms with Crippen LogP contribution >= 0.6 is 11.6 Å². The molecular formula is C25H25ClF2N4O3. The summed E-state index contributed by atoms with van der Waals surface area (Å²) in [5.74, 6) is 0.571.